The number of hydrogen-bond acceptors (Lipinski definition) is 2. The van der Waals surface area contributed by atoms with Crippen LogP contribution in [0, 0.1) is 19.8 Å². The number of likely N-dealkylation sites (tertiary alicyclic amines) is 1. The fraction of sp³-hybridized carbons (Fsp3) is 0.467. The number of carboxylic acids is 1. The third-order valence-corrected chi connectivity index (χ3v) is 3.89. The summed E-state index contributed by atoms with van der Waals surface area (Å²) in [5.41, 5.74) is 2.96. The second-order valence-corrected chi connectivity index (χ2v) is 5.20. The van der Waals surface area contributed by atoms with Crippen molar-refractivity contribution in [2.75, 3.05) is 13.1 Å². The van der Waals surface area contributed by atoms with Gasteiger partial charge in [0.05, 0.1) is 5.92 Å². The third kappa shape index (κ3) is 2.95. The molecule has 4 nitrogen and oxygen atoms in total. The Labute approximate surface area is 113 Å². The van der Waals surface area contributed by atoms with Crippen LogP contribution in [0.3, 0.4) is 0 Å². The summed E-state index contributed by atoms with van der Waals surface area (Å²) in [6.45, 7) is 5.07. The number of carbonyl (C=O) groups is 2. The minimum absolute atomic E-state index is 0.00642. The minimum atomic E-state index is -0.752. The summed E-state index contributed by atoms with van der Waals surface area (Å²) in [6, 6.07) is 5.70. The van der Waals surface area contributed by atoms with Crippen LogP contribution in [0.4, 0.5) is 0 Å². The molecular weight excluding hydrogens is 242 g/mol. The molecule has 1 N–H and O–H groups in total. The summed E-state index contributed by atoms with van der Waals surface area (Å²) in [4.78, 5) is 25.0. The SMILES string of the molecule is Cc1ccc(C(=O)N2CCC(C(=O)O)CC2)cc1C. The van der Waals surface area contributed by atoms with E-state index in [1.807, 2.05) is 32.0 Å². The van der Waals surface area contributed by atoms with E-state index in [2.05, 4.69) is 0 Å². The fourth-order valence-corrected chi connectivity index (χ4v) is 2.39. The van der Waals surface area contributed by atoms with Crippen molar-refractivity contribution < 1.29 is 14.7 Å². The zero-order chi connectivity index (χ0) is 14.0. The lowest BCUT2D eigenvalue weighted by molar-refractivity contribution is -0.143. The Morgan fingerprint density at radius 2 is 1.79 bits per heavy atom. The highest BCUT2D eigenvalue weighted by atomic mass is 16.4. The molecule has 0 radical (unpaired) electrons. The van der Waals surface area contributed by atoms with Crippen LogP contribution in [0.15, 0.2) is 18.2 Å². The molecule has 0 unspecified atom stereocenters. The second-order valence-electron chi connectivity index (χ2n) is 5.20. The first-order valence-corrected chi connectivity index (χ1v) is 6.58. The van der Waals surface area contributed by atoms with Crippen molar-refractivity contribution in [2.24, 2.45) is 5.92 Å². The second kappa shape index (κ2) is 5.43. The summed E-state index contributed by atoms with van der Waals surface area (Å²) < 4.78 is 0. The third-order valence-electron chi connectivity index (χ3n) is 3.89. The van der Waals surface area contributed by atoms with Crippen molar-refractivity contribution in [3.63, 3.8) is 0 Å². The molecule has 4 heteroatoms. The molecule has 0 atom stereocenters. The molecule has 1 aromatic rings. The van der Waals surface area contributed by atoms with E-state index < -0.39 is 5.97 Å². The quantitative estimate of drug-likeness (QED) is 0.888. The van der Waals surface area contributed by atoms with Crippen LogP contribution >= 0.6 is 0 Å². The van der Waals surface area contributed by atoms with Gasteiger partial charge in [-0.1, -0.05) is 6.07 Å². The molecule has 102 valence electrons. The summed E-state index contributed by atoms with van der Waals surface area (Å²) >= 11 is 0. The van der Waals surface area contributed by atoms with Crippen LogP contribution in [0.2, 0.25) is 0 Å². The first kappa shape index (κ1) is 13.6. The van der Waals surface area contributed by atoms with Gasteiger partial charge < -0.3 is 10.0 Å². The molecule has 1 aromatic carbocycles. The lowest BCUT2D eigenvalue weighted by atomic mass is 9.96. The molecule has 1 saturated heterocycles. The Kier molecular flexibility index (Phi) is 3.88. The lowest BCUT2D eigenvalue weighted by Gasteiger charge is -2.30. The molecule has 1 heterocycles. The number of piperidine rings is 1. The van der Waals surface area contributed by atoms with Gasteiger partial charge in [0.2, 0.25) is 0 Å². The average Bonchev–Trinajstić information content (AvgIpc) is 2.41. The summed E-state index contributed by atoms with van der Waals surface area (Å²) in [5.74, 6) is -1.05. The molecule has 19 heavy (non-hydrogen) atoms. The summed E-state index contributed by atoms with van der Waals surface area (Å²) in [7, 11) is 0. The van der Waals surface area contributed by atoms with Crippen molar-refractivity contribution in [1.29, 1.82) is 0 Å². The molecule has 1 fully saturated rings. The Morgan fingerprint density at radius 3 is 2.32 bits per heavy atom. The molecule has 1 aliphatic rings. The van der Waals surface area contributed by atoms with Gasteiger partial charge in [0, 0.05) is 18.7 Å². The fourth-order valence-electron chi connectivity index (χ4n) is 2.39. The first-order valence-electron chi connectivity index (χ1n) is 6.58. The average molecular weight is 261 g/mol. The van der Waals surface area contributed by atoms with Crippen molar-refractivity contribution in [3.8, 4) is 0 Å². The molecule has 0 bridgehead atoms. The number of aliphatic carboxylic acids is 1. The van der Waals surface area contributed by atoms with Crippen LogP contribution in [0.1, 0.15) is 34.3 Å². The summed E-state index contributed by atoms with van der Waals surface area (Å²) in [5, 5.41) is 8.94. The normalized spacial score (nSPS) is 16.4. The molecule has 0 aliphatic carbocycles. The number of rotatable bonds is 2. The monoisotopic (exact) mass is 261 g/mol. The Morgan fingerprint density at radius 1 is 1.16 bits per heavy atom. The van der Waals surface area contributed by atoms with E-state index in [1.54, 1.807) is 4.90 Å². The topological polar surface area (TPSA) is 57.6 Å². The van der Waals surface area contributed by atoms with Crippen molar-refractivity contribution >= 4 is 11.9 Å². The van der Waals surface area contributed by atoms with Crippen LogP contribution in [0.25, 0.3) is 0 Å². The van der Waals surface area contributed by atoms with Gasteiger partial charge in [0.1, 0.15) is 0 Å². The Bertz CT molecular complexity index is 502. The lowest BCUT2D eigenvalue weighted by Crippen LogP contribution is -2.40. The maximum absolute atomic E-state index is 12.3. The molecule has 0 aromatic heterocycles. The highest BCUT2D eigenvalue weighted by Gasteiger charge is 2.27. The zero-order valence-corrected chi connectivity index (χ0v) is 11.3. The smallest absolute Gasteiger partial charge is 0.306 e. The van der Waals surface area contributed by atoms with Crippen molar-refractivity contribution in [1.82, 2.24) is 4.90 Å². The van der Waals surface area contributed by atoms with E-state index in [1.165, 1.54) is 5.56 Å². The van der Waals surface area contributed by atoms with Gasteiger partial charge in [-0.15, -0.1) is 0 Å². The highest BCUT2D eigenvalue weighted by Crippen LogP contribution is 2.20. The molecule has 1 amide bonds. The number of nitrogens with zero attached hydrogens (tertiary/aromatic N) is 1. The van der Waals surface area contributed by atoms with E-state index in [4.69, 9.17) is 5.11 Å². The van der Waals surface area contributed by atoms with E-state index >= 15 is 0 Å². The number of benzene rings is 1. The van der Waals surface area contributed by atoms with Gasteiger partial charge in [0.25, 0.3) is 5.91 Å². The minimum Gasteiger partial charge on any atom is -0.481 e. The Hall–Kier alpha value is -1.84. The van der Waals surface area contributed by atoms with E-state index in [-0.39, 0.29) is 11.8 Å². The van der Waals surface area contributed by atoms with Gasteiger partial charge in [0.15, 0.2) is 0 Å². The predicted molar refractivity (Wildman–Crippen MR) is 72.2 cm³/mol. The van der Waals surface area contributed by atoms with Crippen molar-refractivity contribution in [3.05, 3.63) is 34.9 Å². The molecule has 2 rings (SSSR count). The number of aryl methyl sites for hydroxylation is 2. The van der Waals surface area contributed by atoms with Gasteiger partial charge >= 0.3 is 5.97 Å². The van der Waals surface area contributed by atoms with Crippen LogP contribution in [0.5, 0.6) is 0 Å². The number of carbonyl (C=O) groups excluding carboxylic acids is 1. The molecule has 0 saturated carbocycles. The van der Waals surface area contributed by atoms with E-state index in [0.29, 0.717) is 31.5 Å². The van der Waals surface area contributed by atoms with Gasteiger partial charge in [-0.3, -0.25) is 9.59 Å². The van der Waals surface area contributed by atoms with Crippen molar-refractivity contribution in [2.45, 2.75) is 26.7 Å². The van der Waals surface area contributed by atoms with Gasteiger partial charge in [-0.05, 0) is 49.9 Å². The zero-order valence-electron chi connectivity index (χ0n) is 11.3. The number of carboxylic acid groups (broad SMARTS) is 1. The standard InChI is InChI=1S/C15H19NO3/c1-10-3-4-13(9-11(10)2)14(17)16-7-5-12(6-8-16)15(18)19/h3-4,9,12H,5-8H2,1-2H3,(H,18,19). The maximum Gasteiger partial charge on any atom is 0.306 e. The van der Waals surface area contributed by atoms with Crippen LogP contribution < -0.4 is 0 Å². The van der Waals surface area contributed by atoms with Crippen LogP contribution in [-0.4, -0.2) is 35.0 Å². The highest BCUT2D eigenvalue weighted by molar-refractivity contribution is 5.94. The largest absolute Gasteiger partial charge is 0.481 e. The molecule has 1 aliphatic heterocycles. The predicted octanol–water partition coefficient (Wildman–Crippen LogP) is 2.24. The van der Waals surface area contributed by atoms with Gasteiger partial charge in [-0.2, -0.15) is 0 Å². The van der Waals surface area contributed by atoms with E-state index in [0.717, 1.165) is 5.56 Å². The Balaban J connectivity index is 2.05. The maximum atomic E-state index is 12.3. The first-order chi connectivity index (χ1) is 8.99. The van der Waals surface area contributed by atoms with E-state index in [9.17, 15) is 9.59 Å². The molecular formula is C15H19NO3. The summed E-state index contributed by atoms with van der Waals surface area (Å²) in [6.07, 6.45) is 1.10. The van der Waals surface area contributed by atoms with Crippen LogP contribution in [-0.2, 0) is 4.79 Å². The number of hydrogen-bond donors (Lipinski definition) is 1. The number of amides is 1. The van der Waals surface area contributed by atoms with Gasteiger partial charge in [-0.25, -0.2) is 0 Å². The molecule has 0 spiro atoms.